The van der Waals surface area contributed by atoms with Gasteiger partial charge in [0, 0.05) is 6.04 Å². The molecule has 1 amide bonds. The minimum Gasteiger partial charge on any atom is -0.481 e. The average molecular weight is 311 g/mol. The van der Waals surface area contributed by atoms with Crippen LogP contribution in [-0.2, 0) is 14.3 Å². The van der Waals surface area contributed by atoms with Crippen LogP contribution < -0.4 is 5.32 Å². The van der Waals surface area contributed by atoms with Crippen molar-refractivity contribution in [1.29, 1.82) is 0 Å². The molecule has 0 bridgehead atoms. The van der Waals surface area contributed by atoms with E-state index in [1.54, 1.807) is 0 Å². The third-order valence-corrected chi connectivity index (χ3v) is 5.04. The first-order chi connectivity index (χ1) is 10.5. The van der Waals surface area contributed by atoms with Crippen molar-refractivity contribution < 1.29 is 19.4 Å². The molecule has 0 aliphatic heterocycles. The van der Waals surface area contributed by atoms with Crippen LogP contribution in [-0.4, -0.2) is 35.2 Å². The molecule has 5 heteroatoms. The predicted octanol–water partition coefficient (Wildman–Crippen LogP) is 2.73. The lowest BCUT2D eigenvalue weighted by Crippen LogP contribution is -2.43. The van der Waals surface area contributed by atoms with Crippen LogP contribution in [0.25, 0.3) is 0 Å². The number of hydrogen-bond donors (Lipinski definition) is 2. The predicted molar refractivity (Wildman–Crippen MR) is 83.5 cm³/mol. The van der Waals surface area contributed by atoms with E-state index in [0.29, 0.717) is 25.2 Å². The van der Waals surface area contributed by atoms with E-state index < -0.39 is 12.1 Å². The highest BCUT2D eigenvalue weighted by molar-refractivity contribution is 5.81. The normalized spacial score (nSPS) is 33.4. The van der Waals surface area contributed by atoms with Crippen molar-refractivity contribution in [2.24, 2.45) is 11.8 Å². The molecule has 3 unspecified atom stereocenters. The van der Waals surface area contributed by atoms with E-state index >= 15 is 0 Å². The van der Waals surface area contributed by atoms with Gasteiger partial charge in [-0.1, -0.05) is 26.7 Å². The lowest BCUT2D eigenvalue weighted by molar-refractivity contribution is -0.142. The lowest BCUT2D eigenvalue weighted by atomic mass is 9.88. The zero-order valence-corrected chi connectivity index (χ0v) is 13.7. The third-order valence-electron chi connectivity index (χ3n) is 5.04. The summed E-state index contributed by atoms with van der Waals surface area (Å²) in [5, 5.41) is 12.0. The molecule has 0 aromatic carbocycles. The maximum Gasteiger partial charge on any atom is 0.306 e. The molecule has 2 aliphatic carbocycles. The summed E-state index contributed by atoms with van der Waals surface area (Å²) in [5.74, 6) is -0.469. The van der Waals surface area contributed by atoms with E-state index in [9.17, 15) is 9.59 Å². The summed E-state index contributed by atoms with van der Waals surface area (Å²) in [6.45, 7) is 4.20. The number of amides is 1. The van der Waals surface area contributed by atoms with Crippen LogP contribution in [0, 0.1) is 11.8 Å². The lowest BCUT2D eigenvalue weighted by Gasteiger charge is -2.30. The molecule has 2 fully saturated rings. The highest BCUT2D eigenvalue weighted by Crippen LogP contribution is 2.28. The molecule has 126 valence electrons. The molecule has 2 N–H and O–H groups in total. The molecule has 2 aliphatic rings. The van der Waals surface area contributed by atoms with Gasteiger partial charge in [0.2, 0.25) is 5.91 Å². The van der Waals surface area contributed by atoms with Crippen LogP contribution in [0.15, 0.2) is 0 Å². The number of carboxylic acid groups (broad SMARTS) is 1. The Labute approximate surface area is 132 Å². The van der Waals surface area contributed by atoms with E-state index in [0.717, 1.165) is 19.3 Å². The average Bonchev–Trinajstić information content (AvgIpc) is 2.93. The summed E-state index contributed by atoms with van der Waals surface area (Å²) in [6.07, 6.45) is 6.89. The van der Waals surface area contributed by atoms with Crippen molar-refractivity contribution in [3.05, 3.63) is 0 Å². The number of rotatable bonds is 6. The molecular formula is C17H29NO4. The molecule has 0 aromatic heterocycles. The fraction of sp³-hybridized carbons (Fsp3) is 0.882. The second-order valence-electron chi connectivity index (χ2n) is 6.98. The maximum absolute atomic E-state index is 12.4. The van der Waals surface area contributed by atoms with Crippen LogP contribution in [0.2, 0.25) is 0 Å². The summed E-state index contributed by atoms with van der Waals surface area (Å²) in [6, 6.07) is -0.0171. The highest BCUT2D eigenvalue weighted by atomic mass is 16.5. The summed E-state index contributed by atoms with van der Waals surface area (Å²) < 4.78 is 6.03. The first-order valence-corrected chi connectivity index (χ1v) is 8.68. The van der Waals surface area contributed by atoms with Gasteiger partial charge >= 0.3 is 5.97 Å². The SMILES string of the molecule is CCC(OC1CCCC(C)C1)C(=O)N[C@@H]1CC[C@H](C(=O)O)C1. The van der Waals surface area contributed by atoms with Gasteiger partial charge in [-0.05, 0) is 44.4 Å². The third kappa shape index (κ3) is 4.70. The number of hydrogen-bond acceptors (Lipinski definition) is 3. The second-order valence-corrected chi connectivity index (χ2v) is 6.98. The topological polar surface area (TPSA) is 75.6 Å². The molecular weight excluding hydrogens is 282 g/mol. The summed E-state index contributed by atoms with van der Waals surface area (Å²) in [5.41, 5.74) is 0. The fourth-order valence-corrected chi connectivity index (χ4v) is 3.71. The Kier molecular flexibility index (Phi) is 6.24. The summed E-state index contributed by atoms with van der Waals surface area (Å²) in [7, 11) is 0. The van der Waals surface area contributed by atoms with E-state index in [-0.39, 0.29) is 24.0 Å². The van der Waals surface area contributed by atoms with Crippen LogP contribution in [0.5, 0.6) is 0 Å². The molecule has 0 radical (unpaired) electrons. The van der Waals surface area contributed by atoms with Crippen LogP contribution >= 0.6 is 0 Å². The van der Waals surface area contributed by atoms with Gasteiger partial charge in [0.25, 0.3) is 0 Å². The first kappa shape index (κ1) is 17.3. The minimum absolute atomic E-state index is 0.0171. The van der Waals surface area contributed by atoms with E-state index in [1.807, 2.05) is 6.92 Å². The Balaban J connectivity index is 1.80. The quantitative estimate of drug-likeness (QED) is 0.791. The maximum atomic E-state index is 12.4. The number of ether oxygens (including phenoxy) is 1. The monoisotopic (exact) mass is 311 g/mol. The van der Waals surface area contributed by atoms with Crippen LogP contribution in [0.1, 0.15) is 65.2 Å². The van der Waals surface area contributed by atoms with Crippen molar-refractivity contribution in [2.75, 3.05) is 0 Å². The van der Waals surface area contributed by atoms with Gasteiger partial charge in [-0.2, -0.15) is 0 Å². The number of carbonyl (C=O) groups is 2. The van der Waals surface area contributed by atoms with Gasteiger partial charge in [-0.3, -0.25) is 9.59 Å². The van der Waals surface area contributed by atoms with Crippen LogP contribution in [0.3, 0.4) is 0 Å². The van der Waals surface area contributed by atoms with Crippen molar-refractivity contribution in [3.8, 4) is 0 Å². The van der Waals surface area contributed by atoms with Gasteiger partial charge in [0.15, 0.2) is 0 Å². The van der Waals surface area contributed by atoms with E-state index in [1.165, 1.54) is 12.8 Å². The molecule has 2 rings (SSSR count). The smallest absolute Gasteiger partial charge is 0.306 e. The molecule has 0 heterocycles. The Morgan fingerprint density at radius 3 is 2.59 bits per heavy atom. The largest absolute Gasteiger partial charge is 0.481 e. The minimum atomic E-state index is -0.753. The van der Waals surface area contributed by atoms with Crippen molar-refractivity contribution in [3.63, 3.8) is 0 Å². The molecule has 2 saturated carbocycles. The molecule has 0 aromatic rings. The number of aliphatic carboxylic acids is 1. The number of carbonyl (C=O) groups excluding carboxylic acids is 1. The van der Waals surface area contributed by atoms with Crippen molar-refractivity contribution in [1.82, 2.24) is 5.32 Å². The molecule has 0 saturated heterocycles. The summed E-state index contributed by atoms with van der Waals surface area (Å²) >= 11 is 0. The summed E-state index contributed by atoms with van der Waals surface area (Å²) in [4.78, 5) is 23.4. The zero-order chi connectivity index (χ0) is 16.1. The Hall–Kier alpha value is -1.10. The number of carboxylic acids is 1. The highest BCUT2D eigenvalue weighted by Gasteiger charge is 2.32. The van der Waals surface area contributed by atoms with E-state index in [4.69, 9.17) is 9.84 Å². The van der Waals surface area contributed by atoms with Gasteiger partial charge in [0.05, 0.1) is 12.0 Å². The Morgan fingerprint density at radius 1 is 1.23 bits per heavy atom. The second kappa shape index (κ2) is 7.95. The molecule has 0 spiro atoms. The number of nitrogens with one attached hydrogen (secondary N) is 1. The van der Waals surface area contributed by atoms with E-state index in [2.05, 4.69) is 12.2 Å². The Morgan fingerprint density at radius 2 is 2.00 bits per heavy atom. The van der Waals surface area contributed by atoms with Crippen molar-refractivity contribution in [2.45, 2.75) is 83.5 Å². The molecule has 22 heavy (non-hydrogen) atoms. The fourth-order valence-electron chi connectivity index (χ4n) is 3.71. The molecule has 5 nitrogen and oxygen atoms in total. The van der Waals surface area contributed by atoms with Gasteiger partial charge in [0.1, 0.15) is 6.10 Å². The van der Waals surface area contributed by atoms with Crippen molar-refractivity contribution >= 4 is 11.9 Å². The first-order valence-electron chi connectivity index (χ1n) is 8.68. The van der Waals surface area contributed by atoms with Gasteiger partial charge in [-0.15, -0.1) is 0 Å². The van der Waals surface area contributed by atoms with Gasteiger partial charge < -0.3 is 15.2 Å². The zero-order valence-electron chi connectivity index (χ0n) is 13.7. The standard InChI is InChI=1S/C17H29NO4/c1-3-15(22-14-6-4-5-11(2)9-14)16(19)18-13-8-7-12(10-13)17(20)21/h11-15H,3-10H2,1-2H3,(H,18,19)(H,20,21)/t11?,12-,13+,14?,15?/m0/s1. The van der Waals surface area contributed by atoms with Crippen LogP contribution in [0.4, 0.5) is 0 Å². The molecule has 5 atom stereocenters. The Bertz CT molecular complexity index is 398. The van der Waals surface area contributed by atoms with Gasteiger partial charge in [-0.25, -0.2) is 0 Å².